The Morgan fingerprint density at radius 1 is 1.21 bits per heavy atom. The molecule has 1 aliphatic rings. The Morgan fingerprint density at radius 2 is 1.84 bits per heavy atom. The fourth-order valence-electron chi connectivity index (χ4n) is 2.47. The molecule has 0 aromatic heterocycles. The summed E-state index contributed by atoms with van der Waals surface area (Å²) in [5.74, 6) is 0. The predicted molar refractivity (Wildman–Crippen MR) is 68.0 cm³/mol. The van der Waals surface area contributed by atoms with Gasteiger partial charge in [-0.25, -0.2) is 0 Å². The van der Waals surface area contributed by atoms with Crippen molar-refractivity contribution in [3.63, 3.8) is 0 Å². The van der Waals surface area contributed by atoms with Crippen molar-refractivity contribution in [2.75, 3.05) is 0 Å². The summed E-state index contributed by atoms with van der Waals surface area (Å²) >= 11 is 0. The summed E-state index contributed by atoms with van der Waals surface area (Å²) in [6.07, 6.45) is -0.305. The minimum atomic E-state index is -4.25. The fourth-order valence-corrected chi connectivity index (χ4v) is 2.47. The van der Waals surface area contributed by atoms with Gasteiger partial charge in [0.2, 0.25) is 0 Å². The first-order valence-electron chi connectivity index (χ1n) is 6.60. The van der Waals surface area contributed by atoms with Crippen molar-refractivity contribution >= 4 is 0 Å². The molecule has 1 heterocycles. The van der Waals surface area contributed by atoms with Crippen molar-refractivity contribution in [1.29, 1.82) is 0 Å². The van der Waals surface area contributed by atoms with Crippen molar-refractivity contribution in [2.45, 2.75) is 57.4 Å². The molecule has 1 nitrogen and oxygen atoms in total. The van der Waals surface area contributed by atoms with Crippen LogP contribution in [0.1, 0.15) is 44.2 Å². The molecule has 19 heavy (non-hydrogen) atoms. The molecule has 1 aromatic carbocycles. The Labute approximate surface area is 111 Å². The van der Waals surface area contributed by atoms with E-state index in [0.29, 0.717) is 0 Å². The van der Waals surface area contributed by atoms with E-state index in [1.54, 1.807) is 12.1 Å². The molecule has 0 bridgehead atoms. The van der Waals surface area contributed by atoms with Crippen LogP contribution in [0.5, 0.6) is 0 Å². The monoisotopic (exact) mass is 272 g/mol. The van der Waals surface area contributed by atoms with Crippen LogP contribution in [-0.2, 0) is 17.3 Å². The molecule has 1 fully saturated rings. The zero-order valence-corrected chi connectivity index (χ0v) is 11.3. The van der Waals surface area contributed by atoms with E-state index < -0.39 is 11.7 Å². The van der Waals surface area contributed by atoms with Crippen LogP contribution in [0.25, 0.3) is 0 Å². The Kier molecular flexibility index (Phi) is 3.90. The summed E-state index contributed by atoms with van der Waals surface area (Å²) < 4.78 is 43.1. The minimum Gasteiger partial charge on any atom is -0.372 e. The summed E-state index contributed by atoms with van der Waals surface area (Å²) in [6.45, 7) is 4.15. The van der Waals surface area contributed by atoms with Crippen LogP contribution in [0.4, 0.5) is 13.2 Å². The molecule has 1 aromatic rings. The van der Waals surface area contributed by atoms with E-state index >= 15 is 0 Å². The molecule has 1 unspecified atom stereocenters. The van der Waals surface area contributed by atoms with Crippen molar-refractivity contribution in [3.05, 3.63) is 35.4 Å². The van der Waals surface area contributed by atoms with Gasteiger partial charge in [0.1, 0.15) is 0 Å². The lowest BCUT2D eigenvalue weighted by molar-refractivity contribution is -0.137. The molecule has 0 saturated carbocycles. The summed E-state index contributed by atoms with van der Waals surface area (Å²) in [5.41, 5.74) is 0.293. The van der Waals surface area contributed by atoms with Crippen LogP contribution >= 0.6 is 0 Å². The standard InChI is InChI=1S/C15H19F3O/c1-14(2)10-9-13(19-14)8-5-11-3-6-12(7-4-11)15(16,17)18/h3-4,6-7,13H,5,8-10H2,1-2H3. The van der Waals surface area contributed by atoms with Crippen molar-refractivity contribution in [1.82, 2.24) is 0 Å². The van der Waals surface area contributed by atoms with Crippen LogP contribution in [0, 0.1) is 0 Å². The van der Waals surface area contributed by atoms with Gasteiger partial charge in [-0.1, -0.05) is 12.1 Å². The lowest BCUT2D eigenvalue weighted by Crippen LogP contribution is -2.20. The first-order valence-corrected chi connectivity index (χ1v) is 6.60. The number of alkyl halides is 3. The average Bonchev–Trinajstić information content (AvgIpc) is 2.66. The second-order valence-electron chi connectivity index (χ2n) is 5.77. The summed E-state index contributed by atoms with van der Waals surface area (Å²) in [7, 11) is 0. The van der Waals surface area contributed by atoms with Gasteiger partial charge in [0, 0.05) is 0 Å². The first kappa shape index (κ1) is 14.4. The van der Waals surface area contributed by atoms with Gasteiger partial charge in [-0.15, -0.1) is 0 Å². The third-order valence-corrected chi connectivity index (χ3v) is 3.59. The molecule has 0 amide bonds. The molecule has 4 heteroatoms. The molecule has 0 aliphatic carbocycles. The Morgan fingerprint density at radius 3 is 2.32 bits per heavy atom. The van der Waals surface area contributed by atoms with E-state index in [-0.39, 0.29) is 11.7 Å². The van der Waals surface area contributed by atoms with E-state index in [1.807, 2.05) is 0 Å². The van der Waals surface area contributed by atoms with E-state index in [4.69, 9.17) is 4.74 Å². The lowest BCUT2D eigenvalue weighted by Gasteiger charge is -2.19. The predicted octanol–water partition coefficient (Wildman–Crippen LogP) is 4.60. The maximum Gasteiger partial charge on any atom is 0.416 e. The number of rotatable bonds is 3. The third kappa shape index (κ3) is 3.96. The molecule has 0 N–H and O–H groups in total. The van der Waals surface area contributed by atoms with Crippen molar-refractivity contribution in [3.8, 4) is 0 Å². The van der Waals surface area contributed by atoms with Crippen LogP contribution in [0.2, 0.25) is 0 Å². The smallest absolute Gasteiger partial charge is 0.372 e. The molecular formula is C15H19F3O. The molecule has 2 rings (SSSR count). The maximum absolute atomic E-state index is 12.4. The van der Waals surface area contributed by atoms with Crippen LogP contribution in [0.15, 0.2) is 24.3 Å². The van der Waals surface area contributed by atoms with Crippen LogP contribution in [0.3, 0.4) is 0 Å². The quantitative estimate of drug-likeness (QED) is 0.781. The number of benzene rings is 1. The Balaban J connectivity index is 1.87. The van der Waals surface area contributed by atoms with Gasteiger partial charge >= 0.3 is 6.18 Å². The molecular weight excluding hydrogens is 253 g/mol. The number of halogens is 3. The van der Waals surface area contributed by atoms with Gasteiger partial charge in [-0.05, 0) is 57.2 Å². The zero-order valence-electron chi connectivity index (χ0n) is 11.3. The maximum atomic E-state index is 12.4. The fraction of sp³-hybridized carbons (Fsp3) is 0.600. The highest BCUT2D eigenvalue weighted by molar-refractivity contribution is 5.24. The first-order chi connectivity index (χ1) is 8.76. The van der Waals surface area contributed by atoms with Crippen molar-refractivity contribution in [2.24, 2.45) is 0 Å². The largest absolute Gasteiger partial charge is 0.416 e. The molecule has 1 saturated heterocycles. The SMILES string of the molecule is CC1(C)CCC(CCc2ccc(C(F)(F)F)cc2)O1. The Bertz CT molecular complexity index is 420. The molecule has 1 aliphatic heterocycles. The van der Waals surface area contributed by atoms with Gasteiger partial charge in [-0.2, -0.15) is 13.2 Å². The van der Waals surface area contributed by atoms with Gasteiger partial charge in [0.25, 0.3) is 0 Å². The lowest BCUT2D eigenvalue weighted by atomic mass is 10.0. The van der Waals surface area contributed by atoms with E-state index in [9.17, 15) is 13.2 Å². The molecule has 0 spiro atoms. The highest BCUT2D eigenvalue weighted by Gasteiger charge is 2.31. The minimum absolute atomic E-state index is 0.0508. The number of hydrogen-bond donors (Lipinski definition) is 0. The number of aryl methyl sites for hydroxylation is 1. The highest BCUT2D eigenvalue weighted by Crippen LogP contribution is 2.32. The second kappa shape index (κ2) is 5.16. The van der Waals surface area contributed by atoms with Crippen molar-refractivity contribution < 1.29 is 17.9 Å². The number of ether oxygens (including phenoxy) is 1. The van der Waals surface area contributed by atoms with E-state index in [2.05, 4.69) is 13.8 Å². The van der Waals surface area contributed by atoms with Crippen LogP contribution < -0.4 is 0 Å². The summed E-state index contributed by atoms with van der Waals surface area (Å²) in [6, 6.07) is 5.41. The third-order valence-electron chi connectivity index (χ3n) is 3.59. The zero-order chi connectivity index (χ0) is 14.1. The van der Waals surface area contributed by atoms with E-state index in [0.717, 1.165) is 43.4 Å². The van der Waals surface area contributed by atoms with Gasteiger partial charge in [0.15, 0.2) is 0 Å². The van der Waals surface area contributed by atoms with Gasteiger partial charge in [-0.3, -0.25) is 0 Å². The van der Waals surface area contributed by atoms with E-state index in [1.165, 1.54) is 0 Å². The van der Waals surface area contributed by atoms with Gasteiger partial charge in [0.05, 0.1) is 17.3 Å². The van der Waals surface area contributed by atoms with Gasteiger partial charge < -0.3 is 4.74 Å². The summed E-state index contributed by atoms with van der Waals surface area (Å²) in [4.78, 5) is 0. The molecule has 0 radical (unpaired) electrons. The molecule has 1 atom stereocenters. The second-order valence-corrected chi connectivity index (χ2v) is 5.77. The average molecular weight is 272 g/mol. The number of hydrogen-bond acceptors (Lipinski definition) is 1. The topological polar surface area (TPSA) is 9.23 Å². The normalized spacial score (nSPS) is 22.7. The van der Waals surface area contributed by atoms with Crippen LogP contribution in [-0.4, -0.2) is 11.7 Å². The highest BCUT2D eigenvalue weighted by atomic mass is 19.4. The summed E-state index contributed by atoms with van der Waals surface area (Å²) in [5, 5.41) is 0. The Hall–Kier alpha value is -1.03. The molecule has 106 valence electrons.